The van der Waals surface area contributed by atoms with Crippen molar-refractivity contribution in [1.29, 1.82) is 0 Å². The molecule has 0 aliphatic rings. The molecule has 0 saturated carbocycles. The first-order valence-electron chi connectivity index (χ1n) is 8.18. The Kier molecular flexibility index (Phi) is 5.72. The fraction of sp³-hybridized carbons (Fsp3) is 0.611. The lowest BCUT2D eigenvalue weighted by atomic mass is 9.88. The number of hydrogen-bond acceptors (Lipinski definition) is 4. The van der Waals surface area contributed by atoms with E-state index in [1.54, 1.807) is 55.4 Å². The predicted octanol–water partition coefficient (Wildman–Crippen LogP) is 3.13. The molecule has 7 heteroatoms. The van der Waals surface area contributed by atoms with Gasteiger partial charge in [-0.05, 0) is 34.6 Å². The van der Waals surface area contributed by atoms with Crippen molar-refractivity contribution in [2.24, 2.45) is 0 Å². The highest BCUT2D eigenvalue weighted by molar-refractivity contribution is 5.89. The van der Waals surface area contributed by atoms with Gasteiger partial charge in [0.25, 0.3) is 0 Å². The summed E-state index contributed by atoms with van der Waals surface area (Å²) >= 11 is 0. The van der Waals surface area contributed by atoms with Gasteiger partial charge in [-0.25, -0.2) is 14.6 Å². The Bertz CT molecular complexity index is 720. The summed E-state index contributed by atoms with van der Waals surface area (Å²) in [5.41, 5.74) is -2.10. The Hall–Kier alpha value is -2.31. The number of pyridine rings is 1. The number of aromatic nitrogens is 1. The van der Waals surface area contributed by atoms with Gasteiger partial charge >= 0.3 is 12.1 Å². The van der Waals surface area contributed by atoms with Crippen LogP contribution in [0.15, 0.2) is 17.1 Å². The highest BCUT2D eigenvalue weighted by Crippen LogP contribution is 2.26. The first-order chi connectivity index (χ1) is 11.2. The van der Waals surface area contributed by atoms with Gasteiger partial charge in [-0.3, -0.25) is 9.47 Å². The second-order valence-corrected chi connectivity index (χ2v) is 8.22. The Balaban J connectivity index is 3.73. The molecule has 25 heavy (non-hydrogen) atoms. The van der Waals surface area contributed by atoms with E-state index in [1.165, 1.54) is 15.9 Å². The van der Waals surface area contributed by atoms with Gasteiger partial charge in [0.1, 0.15) is 11.2 Å². The maximum atomic E-state index is 12.7. The van der Waals surface area contributed by atoms with Gasteiger partial charge in [-0.15, -0.1) is 0 Å². The Morgan fingerprint density at radius 1 is 1.16 bits per heavy atom. The van der Waals surface area contributed by atoms with Gasteiger partial charge in [-0.1, -0.05) is 20.8 Å². The van der Waals surface area contributed by atoms with Crippen LogP contribution in [0.1, 0.15) is 71.4 Å². The molecule has 140 valence electrons. The van der Waals surface area contributed by atoms with Crippen molar-refractivity contribution in [3.63, 3.8) is 0 Å². The fourth-order valence-electron chi connectivity index (χ4n) is 2.49. The first kappa shape index (κ1) is 20.7. The van der Waals surface area contributed by atoms with Crippen molar-refractivity contribution in [2.75, 3.05) is 5.01 Å². The van der Waals surface area contributed by atoms with E-state index in [9.17, 15) is 19.5 Å². The van der Waals surface area contributed by atoms with Crippen LogP contribution < -0.4 is 10.4 Å². The number of carbonyl (C=O) groups is 2. The third kappa shape index (κ3) is 4.84. The molecule has 1 N–H and O–H groups in total. The van der Waals surface area contributed by atoms with Gasteiger partial charge in [-0.2, -0.15) is 0 Å². The molecule has 0 atom stereocenters. The van der Waals surface area contributed by atoms with Crippen LogP contribution in [0.3, 0.4) is 0 Å². The van der Waals surface area contributed by atoms with Crippen LogP contribution in [0.5, 0.6) is 0 Å². The van der Waals surface area contributed by atoms with Crippen LogP contribution in [0.4, 0.5) is 4.79 Å². The Morgan fingerprint density at radius 2 is 1.68 bits per heavy atom. The van der Waals surface area contributed by atoms with E-state index in [0.717, 1.165) is 6.07 Å². The summed E-state index contributed by atoms with van der Waals surface area (Å²) in [5, 5.41) is 10.8. The number of aromatic carboxylic acids is 1. The van der Waals surface area contributed by atoms with Gasteiger partial charge in [0, 0.05) is 17.7 Å². The Morgan fingerprint density at radius 3 is 2.04 bits per heavy atom. The van der Waals surface area contributed by atoms with Crippen LogP contribution in [0.2, 0.25) is 0 Å². The predicted molar refractivity (Wildman–Crippen MR) is 95.9 cm³/mol. The summed E-state index contributed by atoms with van der Waals surface area (Å²) < 4.78 is 6.87. The molecule has 7 nitrogen and oxygen atoms in total. The molecule has 0 saturated heterocycles. The average molecular weight is 352 g/mol. The van der Waals surface area contributed by atoms with E-state index < -0.39 is 28.5 Å². The van der Waals surface area contributed by atoms with E-state index in [4.69, 9.17) is 4.74 Å². The molecule has 1 aromatic heterocycles. The zero-order valence-electron chi connectivity index (χ0n) is 16.2. The maximum absolute atomic E-state index is 12.7. The third-order valence-electron chi connectivity index (χ3n) is 3.31. The van der Waals surface area contributed by atoms with E-state index in [1.807, 2.05) is 0 Å². The topological polar surface area (TPSA) is 88.8 Å². The summed E-state index contributed by atoms with van der Waals surface area (Å²) in [6.45, 7) is 14.2. The van der Waals surface area contributed by atoms with Crippen LogP contribution >= 0.6 is 0 Å². The smallest absolute Gasteiger partial charge is 0.429 e. The largest absolute Gasteiger partial charge is 0.477 e. The maximum Gasteiger partial charge on any atom is 0.429 e. The molecule has 0 unspecified atom stereocenters. The lowest BCUT2D eigenvalue weighted by Crippen LogP contribution is -2.51. The summed E-state index contributed by atoms with van der Waals surface area (Å²) in [6, 6.07) is 0.832. The molecule has 0 spiro atoms. The molecule has 0 aromatic carbocycles. The van der Waals surface area contributed by atoms with E-state index >= 15 is 0 Å². The van der Waals surface area contributed by atoms with E-state index in [-0.39, 0.29) is 17.3 Å². The van der Waals surface area contributed by atoms with Gasteiger partial charge in [0.05, 0.1) is 11.7 Å². The fourth-order valence-corrected chi connectivity index (χ4v) is 2.49. The Labute approximate surface area is 148 Å². The normalized spacial score (nSPS) is 12.2. The molecule has 0 fully saturated rings. The third-order valence-corrected chi connectivity index (χ3v) is 3.31. The second kappa shape index (κ2) is 6.90. The minimum absolute atomic E-state index is 0.243. The molecule has 0 radical (unpaired) electrons. The SMILES string of the molecule is CC(C)N(C(=O)OC(C)(C)C)n1ccc(=O)c(C(=O)O)c1C(C)(C)C. The quantitative estimate of drug-likeness (QED) is 0.903. The molecule has 0 aliphatic heterocycles. The first-order valence-corrected chi connectivity index (χ1v) is 8.18. The highest BCUT2D eigenvalue weighted by atomic mass is 16.6. The van der Waals surface area contributed by atoms with Crippen LogP contribution in [0, 0.1) is 0 Å². The highest BCUT2D eigenvalue weighted by Gasteiger charge is 2.33. The number of hydrogen-bond donors (Lipinski definition) is 1. The molecule has 1 rings (SSSR count). The minimum Gasteiger partial charge on any atom is -0.477 e. The van der Waals surface area contributed by atoms with E-state index in [0.29, 0.717) is 0 Å². The van der Waals surface area contributed by atoms with Crippen molar-refractivity contribution < 1.29 is 19.4 Å². The van der Waals surface area contributed by atoms with Crippen LogP contribution in [-0.4, -0.2) is 33.5 Å². The standard InChI is InChI=1S/C18H28N2O5/c1-11(2)20(16(24)25-18(6,7)8)19-10-9-12(21)13(15(22)23)14(19)17(3,4)5/h9-11H,1-8H3,(H,22,23). The molecule has 0 aliphatic carbocycles. The van der Waals surface area contributed by atoms with Crippen LogP contribution in [0.25, 0.3) is 0 Å². The zero-order chi connectivity index (χ0) is 19.7. The summed E-state index contributed by atoms with van der Waals surface area (Å²) in [4.78, 5) is 36.5. The molecular formula is C18H28N2O5. The summed E-state index contributed by atoms with van der Waals surface area (Å²) in [5.74, 6) is -1.32. The molecule has 1 amide bonds. The zero-order valence-corrected chi connectivity index (χ0v) is 16.2. The van der Waals surface area contributed by atoms with Crippen molar-refractivity contribution in [3.05, 3.63) is 33.7 Å². The molecule has 1 aromatic rings. The van der Waals surface area contributed by atoms with Crippen LogP contribution in [-0.2, 0) is 10.2 Å². The second-order valence-electron chi connectivity index (χ2n) is 8.22. The van der Waals surface area contributed by atoms with Crippen molar-refractivity contribution >= 4 is 12.1 Å². The number of carboxylic acids is 1. The monoisotopic (exact) mass is 352 g/mol. The van der Waals surface area contributed by atoms with Crippen molar-refractivity contribution in [1.82, 2.24) is 4.68 Å². The summed E-state index contributed by atoms with van der Waals surface area (Å²) in [7, 11) is 0. The molecular weight excluding hydrogens is 324 g/mol. The average Bonchev–Trinajstić information content (AvgIpc) is 2.35. The van der Waals surface area contributed by atoms with Crippen molar-refractivity contribution in [3.8, 4) is 0 Å². The summed E-state index contributed by atoms with van der Waals surface area (Å²) in [6.07, 6.45) is 0.798. The number of nitrogens with zero attached hydrogens (tertiary/aromatic N) is 2. The van der Waals surface area contributed by atoms with Gasteiger partial charge < -0.3 is 9.84 Å². The van der Waals surface area contributed by atoms with Gasteiger partial charge in [0.2, 0.25) is 0 Å². The number of ether oxygens (including phenoxy) is 1. The van der Waals surface area contributed by atoms with E-state index in [2.05, 4.69) is 0 Å². The molecule has 0 bridgehead atoms. The lowest BCUT2D eigenvalue weighted by molar-refractivity contribution is 0.0516. The number of carboxylic acid groups (broad SMARTS) is 1. The number of amides is 1. The molecule has 1 heterocycles. The number of rotatable bonds is 3. The number of carbonyl (C=O) groups excluding carboxylic acids is 1. The van der Waals surface area contributed by atoms with Gasteiger partial charge in [0.15, 0.2) is 5.43 Å². The lowest BCUT2D eigenvalue weighted by Gasteiger charge is -2.36. The minimum atomic E-state index is -1.32. The van der Waals surface area contributed by atoms with Crippen molar-refractivity contribution in [2.45, 2.75) is 72.4 Å².